The van der Waals surface area contributed by atoms with Crippen molar-refractivity contribution in [2.24, 2.45) is 5.41 Å². The van der Waals surface area contributed by atoms with Crippen LogP contribution in [0.15, 0.2) is 18.2 Å². The highest BCUT2D eigenvalue weighted by Crippen LogP contribution is 2.45. The van der Waals surface area contributed by atoms with Gasteiger partial charge in [-0.05, 0) is 74.5 Å². The first-order chi connectivity index (χ1) is 9.35. The quantitative estimate of drug-likeness (QED) is 0.784. The van der Waals surface area contributed by atoms with Crippen LogP contribution in [0.2, 0.25) is 0 Å². The van der Waals surface area contributed by atoms with Crippen LogP contribution in [0.3, 0.4) is 0 Å². The summed E-state index contributed by atoms with van der Waals surface area (Å²) in [5.41, 5.74) is 2.46. The Hall–Kier alpha value is -1.23. The summed E-state index contributed by atoms with van der Waals surface area (Å²) in [4.78, 5) is 2.31. The van der Waals surface area contributed by atoms with Crippen molar-refractivity contribution in [3.05, 3.63) is 29.3 Å². The molecular weight excluding hydrogens is 267 g/mol. The van der Waals surface area contributed by atoms with Crippen molar-refractivity contribution in [3.63, 3.8) is 0 Å². The van der Waals surface area contributed by atoms with Gasteiger partial charge in [0, 0.05) is 0 Å². The van der Waals surface area contributed by atoms with Crippen molar-refractivity contribution in [1.29, 1.82) is 0 Å². The molecule has 0 atom stereocenters. The maximum Gasteiger partial charge on any atom is 0.573 e. The summed E-state index contributed by atoms with van der Waals surface area (Å²) in [6.45, 7) is 2.14. The third-order valence-electron chi connectivity index (χ3n) is 4.59. The van der Waals surface area contributed by atoms with Crippen molar-refractivity contribution in [2.75, 3.05) is 20.1 Å². The molecule has 0 saturated carbocycles. The van der Waals surface area contributed by atoms with Gasteiger partial charge in [0.15, 0.2) is 0 Å². The van der Waals surface area contributed by atoms with E-state index in [1.807, 2.05) is 0 Å². The van der Waals surface area contributed by atoms with Gasteiger partial charge in [0.25, 0.3) is 0 Å². The summed E-state index contributed by atoms with van der Waals surface area (Å²) in [7, 11) is 2.12. The molecule has 3 rings (SSSR count). The van der Waals surface area contributed by atoms with Crippen LogP contribution in [0, 0.1) is 5.41 Å². The van der Waals surface area contributed by atoms with Gasteiger partial charge >= 0.3 is 6.36 Å². The molecule has 1 saturated heterocycles. The molecule has 0 N–H and O–H groups in total. The second-order valence-corrected chi connectivity index (χ2v) is 6.14. The first-order valence-corrected chi connectivity index (χ1v) is 6.91. The first-order valence-electron chi connectivity index (χ1n) is 6.91. The van der Waals surface area contributed by atoms with Crippen molar-refractivity contribution >= 4 is 0 Å². The smallest absolute Gasteiger partial charge is 0.406 e. The summed E-state index contributed by atoms with van der Waals surface area (Å²) in [5.74, 6) is -0.0961. The van der Waals surface area contributed by atoms with Gasteiger partial charge in [0.2, 0.25) is 0 Å². The molecule has 2 aliphatic rings. The number of hydrogen-bond donors (Lipinski definition) is 0. The van der Waals surface area contributed by atoms with Crippen LogP contribution in [0.4, 0.5) is 13.2 Å². The summed E-state index contributed by atoms with van der Waals surface area (Å²) in [6.07, 6.45) is -0.507. The van der Waals surface area contributed by atoms with Gasteiger partial charge in [-0.25, -0.2) is 0 Å². The molecule has 110 valence electrons. The van der Waals surface area contributed by atoms with E-state index in [0.717, 1.165) is 44.3 Å². The van der Waals surface area contributed by atoms with E-state index >= 15 is 0 Å². The van der Waals surface area contributed by atoms with Gasteiger partial charge in [0.05, 0.1) is 0 Å². The molecule has 1 fully saturated rings. The zero-order valence-electron chi connectivity index (χ0n) is 11.5. The van der Waals surface area contributed by atoms with E-state index in [2.05, 4.69) is 16.7 Å². The van der Waals surface area contributed by atoms with Crippen molar-refractivity contribution in [1.82, 2.24) is 4.90 Å². The topological polar surface area (TPSA) is 12.5 Å². The lowest BCUT2D eigenvalue weighted by molar-refractivity contribution is -0.274. The second kappa shape index (κ2) is 4.65. The van der Waals surface area contributed by atoms with Crippen LogP contribution in [-0.2, 0) is 12.8 Å². The molecular formula is C15H18F3NO. The van der Waals surface area contributed by atoms with Crippen LogP contribution < -0.4 is 4.74 Å². The number of hydrogen-bond acceptors (Lipinski definition) is 2. The molecule has 5 heteroatoms. The fraction of sp³-hybridized carbons (Fsp3) is 0.600. The molecule has 2 nitrogen and oxygen atoms in total. The van der Waals surface area contributed by atoms with Crippen molar-refractivity contribution < 1.29 is 17.9 Å². The third kappa shape index (κ3) is 2.77. The summed E-state index contributed by atoms with van der Waals surface area (Å²) >= 11 is 0. The molecule has 0 bridgehead atoms. The molecule has 1 aromatic rings. The number of rotatable bonds is 1. The maximum atomic E-state index is 12.3. The SMILES string of the molecule is CN1CCC2(CC1)Cc1ccc(OC(F)(F)F)cc1C2. The molecule has 20 heavy (non-hydrogen) atoms. The van der Waals surface area contributed by atoms with Gasteiger partial charge < -0.3 is 9.64 Å². The van der Waals surface area contributed by atoms with Crippen LogP contribution in [0.5, 0.6) is 5.75 Å². The molecule has 0 radical (unpaired) electrons. The number of halogens is 3. The molecule has 1 spiro atoms. The van der Waals surface area contributed by atoms with Gasteiger partial charge in [-0.15, -0.1) is 13.2 Å². The molecule has 1 heterocycles. The average Bonchev–Trinajstić information content (AvgIpc) is 2.69. The van der Waals surface area contributed by atoms with E-state index in [-0.39, 0.29) is 11.2 Å². The highest BCUT2D eigenvalue weighted by Gasteiger charge is 2.39. The summed E-state index contributed by atoms with van der Waals surface area (Å²) < 4.78 is 40.8. The molecule has 0 amide bonds. The van der Waals surface area contributed by atoms with E-state index in [1.54, 1.807) is 12.1 Å². The predicted octanol–water partition coefficient (Wildman–Crippen LogP) is 3.40. The predicted molar refractivity (Wildman–Crippen MR) is 69.7 cm³/mol. The fourth-order valence-electron chi connectivity index (χ4n) is 3.45. The maximum absolute atomic E-state index is 12.3. The molecule has 0 unspecified atom stereocenters. The highest BCUT2D eigenvalue weighted by atomic mass is 19.4. The molecule has 0 aromatic heterocycles. The van der Waals surface area contributed by atoms with Crippen LogP contribution in [0.1, 0.15) is 24.0 Å². The average molecular weight is 285 g/mol. The monoisotopic (exact) mass is 285 g/mol. The van der Waals surface area contributed by atoms with E-state index in [0.29, 0.717) is 0 Å². The van der Waals surface area contributed by atoms with Gasteiger partial charge in [-0.2, -0.15) is 0 Å². The minimum atomic E-state index is -4.61. The minimum absolute atomic E-state index is 0.0961. The Morgan fingerprint density at radius 2 is 1.75 bits per heavy atom. The minimum Gasteiger partial charge on any atom is -0.406 e. The summed E-state index contributed by atoms with van der Waals surface area (Å²) in [5, 5.41) is 0. The van der Waals surface area contributed by atoms with Crippen molar-refractivity contribution in [3.8, 4) is 5.75 Å². The van der Waals surface area contributed by atoms with E-state index < -0.39 is 6.36 Å². The lowest BCUT2D eigenvalue weighted by Crippen LogP contribution is -2.38. The molecule has 1 aromatic carbocycles. The first kappa shape index (κ1) is 13.7. The number of nitrogens with zero attached hydrogens (tertiary/aromatic N) is 1. The number of alkyl halides is 3. The van der Waals surface area contributed by atoms with Crippen LogP contribution >= 0.6 is 0 Å². The number of likely N-dealkylation sites (tertiary alicyclic amines) is 1. The fourth-order valence-corrected chi connectivity index (χ4v) is 3.45. The second-order valence-electron chi connectivity index (χ2n) is 6.14. The normalized spacial score (nSPS) is 22.0. The number of benzene rings is 1. The number of fused-ring (bicyclic) bond motifs is 1. The summed E-state index contributed by atoms with van der Waals surface area (Å²) in [6, 6.07) is 4.79. The van der Waals surface area contributed by atoms with Gasteiger partial charge in [0.1, 0.15) is 5.75 Å². The van der Waals surface area contributed by atoms with Gasteiger partial charge in [-0.3, -0.25) is 0 Å². The molecule has 1 aliphatic heterocycles. The Labute approximate surface area is 116 Å². The third-order valence-corrected chi connectivity index (χ3v) is 4.59. The highest BCUT2D eigenvalue weighted by molar-refractivity contribution is 5.40. The van der Waals surface area contributed by atoms with Crippen LogP contribution in [-0.4, -0.2) is 31.4 Å². The van der Waals surface area contributed by atoms with E-state index in [1.165, 1.54) is 11.6 Å². The van der Waals surface area contributed by atoms with Crippen molar-refractivity contribution in [2.45, 2.75) is 32.0 Å². The zero-order valence-corrected chi connectivity index (χ0v) is 11.5. The lowest BCUT2D eigenvalue weighted by atomic mass is 9.76. The number of ether oxygens (including phenoxy) is 1. The largest absolute Gasteiger partial charge is 0.573 e. The van der Waals surface area contributed by atoms with Crippen LogP contribution in [0.25, 0.3) is 0 Å². The Bertz CT molecular complexity index is 504. The lowest BCUT2D eigenvalue weighted by Gasteiger charge is -2.37. The zero-order chi connectivity index (χ0) is 14.4. The van der Waals surface area contributed by atoms with E-state index in [4.69, 9.17) is 0 Å². The Balaban J connectivity index is 1.77. The number of piperidine rings is 1. The Morgan fingerprint density at radius 3 is 2.40 bits per heavy atom. The van der Waals surface area contributed by atoms with E-state index in [9.17, 15) is 13.2 Å². The molecule has 1 aliphatic carbocycles. The van der Waals surface area contributed by atoms with Gasteiger partial charge in [-0.1, -0.05) is 6.07 Å². The Kier molecular flexibility index (Phi) is 3.20. The standard InChI is InChI=1S/C15H18F3NO/c1-19-6-4-14(5-7-19)9-11-2-3-13(8-12(11)10-14)20-15(16,17)18/h2-3,8H,4-7,9-10H2,1H3. The Morgan fingerprint density at radius 1 is 1.10 bits per heavy atom.